The number of sulfone groups is 1. The molecule has 2 N–H and O–H groups in total. The lowest BCUT2D eigenvalue weighted by Gasteiger charge is -2.36. The van der Waals surface area contributed by atoms with Crippen molar-refractivity contribution in [1.82, 2.24) is 10.6 Å². The largest absolute Gasteiger partial charge is 0.347 e. The summed E-state index contributed by atoms with van der Waals surface area (Å²) in [5, 5.41) is 6.40. The zero-order chi connectivity index (χ0) is 15.6. The van der Waals surface area contributed by atoms with E-state index < -0.39 is 9.84 Å². The number of hydrogen-bond donors (Lipinski definition) is 2. The Hall–Kier alpha value is -1.11. The Morgan fingerprint density at radius 1 is 1.23 bits per heavy atom. The Morgan fingerprint density at radius 2 is 1.82 bits per heavy atom. The van der Waals surface area contributed by atoms with Crippen LogP contribution in [0.4, 0.5) is 0 Å². The van der Waals surface area contributed by atoms with E-state index in [0.717, 1.165) is 19.2 Å². The summed E-state index contributed by atoms with van der Waals surface area (Å²) in [6, 6.07) is 6.36. The summed E-state index contributed by atoms with van der Waals surface area (Å²) in [6.45, 7) is 5.17. The smallest absolute Gasteiger partial charge is 0.251 e. The third kappa shape index (κ3) is 4.44. The van der Waals surface area contributed by atoms with E-state index in [1.54, 1.807) is 12.1 Å². The lowest BCUT2D eigenvalue weighted by Crippen LogP contribution is -2.55. The van der Waals surface area contributed by atoms with Gasteiger partial charge in [-0.15, -0.1) is 12.4 Å². The van der Waals surface area contributed by atoms with Gasteiger partial charge in [-0.1, -0.05) is 6.92 Å². The van der Waals surface area contributed by atoms with E-state index in [1.165, 1.54) is 12.1 Å². The van der Waals surface area contributed by atoms with Crippen LogP contribution in [0.25, 0.3) is 0 Å². The fourth-order valence-corrected chi connectivity index (χ4v) is 3.32. The van der Waals surface area contributed by atoms with E-state index >= 15 is 0 Å². The van der Waals surface area contributed by atoms with Crippen molar-refractivity contribution in [3.8, 4) is 0 Å². The highest BCUT2D eigenvalue weighted by Crippen LogP contribution is 2.17. The molecule has 1 aliphatic rings. The quantitative estimate of drug-likeness (QED) is 0.872. The minimum Gasteiger partial charge on any atom is -0.347 e. The second kappa shape index (κ2) is 7.44. The first kappa shape index (κ1) is 18.9. The average molecular weight is 347 g/mol. The van der Waals surface area contributed by atoms with Crippen LogP contribution in [0.15, 0.2) is 29.2 Å². The fraction of sp³-hybridized carbons (Fsp3) is 0.533. The molecule has 1 amide bonds. The highest BCUT2D eigenvalue weighted by molar-refractivity contribution is 7.90. The second-order valence-corrected chi connectivity index (χ2v) is 7.82. The van der Waals surface area contributed by atoms with E-state index in [-0.39, 0.29) is 35.3 Å². The zero-order valence-electron chi connectivity index (χ0n) is 13.0. The molecule has 0 saturated carbocycles. The molecule has 0 radical (unpaired) electrons. The summed E-state index contributed by atoms with van der Waals surface area (Å²) in [7, 11) is -3.23. The molecule has 1 saturated heterocycles. The highest BCUT2D eigenvalue weighted by atomic mass is 35.5. The fourth-order valence-electron chi connectivity index (χ4n) is 2.69. The minimum atomic E-state index is -3.23. The van der Waals surface area contributed by atoms with Crippen molar-refractivity contribution in [3.05, 3.63) is 29.8 Å². The Morgan fingerprint density at radius 3 is 2.32 bits per heavy atom. The molecule has 1 heterocycles. The number of hydrogen-bond acceptors (Lipinski definition) is 4. The first-order chi connectivity index (χ1) is 9.79. The van der Waals surface area contributed by atoms with Crippen LogP contribution in [0.5, 0.6) is 0 Å². The summed E-state index contributed by atoms with van der Waals surface area (Å²) < 4.78 is 22.8. The SMILES string of the molecule is CC1CCNC(C)C1NC(=O)c1ccc(S(C)(=O)=O)cc1.Cl. The molecule has 7 heteroatoms. The molecule has 5 nitrogen and oxygen atoms in total. The Kier molecular flexibility index (Phi) is 6.40. The zero-order valence-corrected chi connectivity index (χ0v) is 14.6. The number of rotatable bonds is 3. The third-order valence-corrected chi connectivity index (χ3v) is 5.19. The highest BCUT2D eigenvalue weighted by Gasteiger charge is 2.28. The van der Waals surface area contributed by atoms with E-state index in [1.807, 2.05) is 0 Å². The molecule has 2 rings (SSSR count). The molecular formula is C15H23ClN2O3S. The Labute approximate surface area is 138 Å². The Balaban J connectivity index is 0.00000242. The number of amides is 1. The maximum absolute atomic E-state index is 12.3. The maximum atomic E-state index is 12.3. The molecule has 0 spiro atoms. The number of nitrogens with one attached hydrogen (secondary N) is 2. The molecule has 0 aliphatic carbocycles. The van der Waals surface area contributed by atoms with Gasteiger partial charge >= 0.3 is 0 Å². The van der Waals surface area contributed by atoms with Crippen LogP contribution in [0.3, 0.4) is 0 Å². The minimum absolute atomic E-state index is 0. The van der Waals surface area contributed by atoms with Crippen molar-refractivity contribution < 1.29 is 13.2 Å². The molecule has 3 atom stereocenters. The molecule has 0 bridgehead atoms. The molecule has 0 aromatic heterocycles. The van der Waals surface area contributed by atoms with Gasteiger partial charge in [0.25, 0.3) is 5.91 Å². The average Bonchev–Trinajstić information content (AvgIpc) is 2.42. The summed E-state index contributed by atoms with van der Waals surface area (Å²) in [6.07, 6.45) is 2.18. The van der Waals surface area contributed by atoms with Crippen LogP contribution in [0.1, 0.15) is 30.6 Å². The first-order valence-corrected chi connectivity index (χ1v) is 9.02. The van der Waals surface area contributed by atoms with E-state index in [9.17, 15) is 13.2 Å². The monoisotopic (exact) mass is 346 g/mol. The number of halogens is 1. The molecule has 22 heavy (non-hydrogen) atoms. The van der Waals surface area contributed by atoms with Crippen LogP contribution in [-0.2, 0) is 9.84 Å². The van der Waals surface area contributed by atoms with Crippen molar-refractivity contribution in [1.29, 1.82) is 0 Å². The summed E-state index contributed by atoms with van der Waals surface area (Å²) in [5.41, 5.74) is 0.479. The van der Waals surface area contributed by atoms with Crippen molar-refractivity contribution in [2.75, 3.05) is 12.8 Å². The third-order valence-electron chi connectivity index (χ3n) is 4.06. The van der Waals surface area contributed by atoms with Crippen LogP contribution in [0, 0.1) is 5.92 Å². The maximum Gasteiger partial charge on any atom is 0.251 e. The normalized spacial score (nSPS) is 25.1. The number of carbonyl (C=O) groups excluding carboxylic acids is 1. The molecule has 1 aromatic rings. The van der Waals surface area contributed by atoms with Gasteiger partial charge in [-0.2, -0.15) is 0 Å². The second-order valence-electron chi connectivity index (χ2n) is 5.80. The van der Waals surface area contributed by atoms with E-state index in [2.05, 4.69) is 24.5 Å². The first-order valence-electron chi connectivity index (χ1n) is 7.13. The summed E-state index contributed by atoms with van der Waals surface area (Å²) >= 11 is 0. The predicted molar refractivity (Wildman–Crippen MR) is 89.3 cm³/mol. The van der Waals surface area contributed by atoms with Crippen LogP contribution in [-0.4, -0.2) is 39.2 Å². The van der Waals surface area contributed by atoms with Gasteiger partial charge in [0.2, 0.25) is 0 Å². The van der Waals surface area contributed by atoms with Gasteiger partial charge in [-0.25, -0.2) is 8.42 Å². The molecule has 1 aliphatic heterocycles. The molecule has 1 aromatic carbocycles. The van der Waals surface area contributed by atoms with Crippen molar-refractivity contribution >= 4 is 28.2 Å². The van der Waals surface area contributed by atoms with Crippen molar-refractivity contribution in [2.24, 2.45) is 5.92 Å². The van der Waals surface area contributed by atoms with Gasteiger partial charge in [0, 0.05) is 23.9 Å². The predicted octanol–water partition coefficient (Wildman–Crippen LogP) is 1.63. The van der Waals surface area contributed by atoms with Crippen LogP contribution in [0.2, 0.25) is 0 Å². The van der Waals surface area contributed by atoms with Crippen molar-refractivity contribution in [3.63, 3.8) is 0 Å². The molecule has 3 unspecified atom stereocenters. The Bertz CT molecular complexity index is 606. The van der Waals surface area contributed by atoms with Gasteiger partial charge in [-0.3, -0.25) is 4.79 Å². The van der Waals surface area contributed by atoms with Gasteiger partial charge < -0.3 is 10.6 Å². The van der Waals surface area contributed by atoms with Gasteiger partial charge in [-0.05, 0) is 50.1 Å². The standard InChI is InChI=1S/C15H22N2O3S.ClH/c1-10-8-9-16-11(2)14(10)17-15(18)12-4-6-13(7-5-12)21(3,19)20;/h4-7,10-11,14,16H,8-9H2,1-3H3,(H,17,18);1H. The molecule has 124 valence electrons. The van der Waals surface area contributed by atoms with E-state index in [0.29, 0.717) is 11.5 Å². The molecule has 1 fully saturated rings. The van der Waals surface area contributed by atoms with Gasteiger partial charge in [0.05, 0.1) is 4.90 Å². The number of benzene rings is 1. The lowest BCUT2D eigenvalue weighted by molar-refractivity contribution is 0.0897. The van der Waals surface area contributed by atoms with Crippen LogP contribution >= 0.6 is 12.4 Å². The van der Waals surface area contributed by atoms with Gasteiger partial charge in [0.1, 0.15) is 0 Å². The van der Waals surface area contributed by atoms with Crippen LogP contribution < -0.4 is 10.6 Å². The summed E-state index contributed by atoms with van der Waals surface area (Å²) in [5.74, 6) is 0.253. The molecular weight excluding hydrogens is 324 g/mol. The topological polar surface area (TPSA) is 75.3 Å². The summed E-state index contributed by atoms with van der Waals surface area (Å²) in [4.78, 5) is 12.5. The van der Waals surface area contributed by atoms with Gasteiger partial charge in [0.15, 0.2) is 9.84 Å². The van der Waals surface area contributed by atoms with E-state index in [4.69, 9.17) is 0 Å². The lowest BCUT2D eigenvalue weighted by atomic mass is 9.89. The number of carbonyl (C=O) groups is 1. The van der Waals surface area contributed by atoms with Crippen molar-refractivity contribution in [2.45, 2.75) is 37.2 Å². The number of piperidine rings is 1.